The van der Waals surface area contributed by atoms with Crippen LogP contribution in [0.2, 0.25) is 0 Å². The van der Waals surface area contributed by atoms with E-state index in [1.165, 1.54) is 26.7 Å². The predicted octanol–water partition coefficient (Wildman–Crippen LogP) is 2.83. The smallest absolute Gasteiger partial charge is 0.333 e. The standard InChI is InChI=1S/C21H25N5O4S/c1-3-5-9-25-18-17(24(8-4-2)16(12-27)23-18)20(28)26(21(25)29)11-14-13-30-19(22-14)15-7-6-10-31-15/h6-7,10,13,27H,3-5,8-9,11-12H2,1-2H3. The van der Waals surface area contributed by atoms with Gasteiger partial charge in [0.15, 0.2) is 11.2 Å². The summed E-state index contributed by atoms with van der Waals surface area (Å²) in [6.07, 6.45) is 3.90. The third-order valence-electron chi connectivity index (χ3n) is 5.12. The topological polar surface area (TPSA) is 108 Å². The molecular weight excluding hydrogens is 418 g/mol. The fourth-order valence-electron chi connectivity index (χ4n) is 3.63. The van der Waals surface area contributed by atoms with E-state index in [0.717, 1.165) is 24.1 Å². The maximum Gasteiger partial charge on any atom is 0.333 e. The second kappa shape index (κ2) is 9.03. The van der Waals surface area contributed by atoms with Crippen molar-refractivity contribution in [3.05, 3.63) is 56.1 Å². The number of aromatic nitrogens is 5. The van der Waals surface area contributed by atoms with Crippen LogP contribution in [0.15, 0.2) is 37.8 Å². The van der Waals surface area contributed by atoms with Crippen molar-refractivity contribution < 1.29 is 9.52 Å². The molecule has 4 aromatic rings. The molecule has 4 heterocycles. The van der Waals surface area contributed by atoms with Gasteiger partial charge in [-0.25, -0.2) is 14.8 Å². The summed E-state index contributed by atoms with van der Waals surface area (Å²) in [5, 5.41) is 11.7. The molecule has 0 atom stereocenters. The lowest BCUT2D eigenvalue weighted by Gasteiger charge is -2.11. The minimum absolute atomic E-state index is 0.000367. The summed E-state index contributed by atoms with van der Waals surface area (Å²) in [6, 6.07) is 3.80. The normalized spacial score (nSPS) is 11.6. The Morgan fingerprint density at radius 2 is 1.94 bits per heavy atom. The fourth-order valence-corrected chi connectivity index (χ4v) is 4.29. The lowest BCUT2D eigenvalue weighted by Crippen LogP contribution is -2.41. The molecule has 9 nitrogen and oxygen atoms in total. The number of aryl methyl sites for hydroxylation is 2. The van der Waals surface area contributed by atoms with Gasteiger partial charge in [-0.3, -0.25) is 13.9 Å². The maximum atomic E-state index is 13.4. The van der Waals surface area contributed by atoms with Crippen molar-refractivity contribution in [1.29, 1.82) is 0 Å². The summed E-state index contributed by atoms with van der Waals surface area (Å²) in [6.45, 7) is 4.69. The Hall–Kier alpha value is -2.98. The highest BCUT2D eigenvalue weighted by atomic mass is 32.1. The molecule has 0 bridgehead atoms. The zero-order valence-corrected chi connectivity index (χ0v) is 18.4. The molecule has 0 fully saturated rings. The number of thiophene rings is 1. The maximum absolute atomic E-state index is 13.4. The van der Waals surface area contributed by atoms with Crippen molar-refractivity contribution in [2.45, 2.75) is 59.4 Å². The first kappa shape index (κ1) is 21.3. The Kier molecular flexibility index (Phi) is 6.19. The van der Waals surface area contributed by atoms with E-state index in [1.54, 1.807) is 4.57 Å². The van der Waals surface area contributed by atoms with E-state index in [4.69, 9.17) is 4.42 Å². The monoisotopic (exact) mass is 443 g/mol. The number of aliphatic hydroxyl groups is 1. The molecule has 4 rings (SSSR count). The molecule has 4 aromatic heterocycles. The van der Waals surface area contributed by atoms with E-state index in [-0.39, 0.29) is 13.2 Å². The summed E-state index contributed by atoms with van der Waals surface area (Å²) >= 11 is 1.50. The van der Waals surface area contributed by atoms with Gasteiger partial charge in [0.2, 0.25) is 5.89 Å². The minimum atomic E-state index is -0.436. The van der Waals surface area contributed by atoms with Crippen LogP contribution in [0.3, 0.4) is 0 Å². The Balaban J connectivity index is 1.87. The van der Waals surface area contributed by atoms with Crippen LogP contribution >= 0.6 is 11.3 Å². The fraction of sp³-hybridized carbons (Fsp3) is 0.429. The number of aliphatic hydroxyl groups excluding tert-OH is 1. The first-order valence-corrected chi connectivity index (χ1v) is 11.3. The van der Waals surface area contributed by atoms with E-state index < -0.39 is 11.2 Å². The molecular formula is C21H25N5O4S. The highest BCUT2D eigenvalue weighted by Crippen LogP contribution is 2.23. The quantitative estimate of drug-likeness (QED) is 0.426. The van der Waals surface area contributed by atoms with Gasteiger partial charge in [0.05, 0.1) is 17.1 Å². The van der Waals surface area contributed by atoms with Gasteiger partial charge in [-0.05, 0) is 24.3 Å². The van der Waals surface area contributed by atoms with Crippen molar-refractivity contribution in [3.63, 3.8) is 0 Å². The number of nitrogens with zero attached hydrogens (tertiary/aromatic N) is 5. The van der Waals surface area contributed by atoms with Gasteiger partial charge < -0.3 is 14.1 Å². The van der Waals surface area contributed by atoms with Crippen molar-refractivity contribution in [2.24, 2.45) is 0 Å². The van der Waals surface area contributed by atoms with Crippen LogP contribution in [0.4, 0.5) is 0 Å². The molecule has 0 saturated carbocycles. The number of hydrogen-bond donors (Lipinski definition) is 1. The van der Waals surface area contributed by atoms with Crippen LogP contribution in [0.25, 0.3) is 21.9 Å². The predicted molar refractivity (Wildman–Crippen MR) is 118 cm³/mol. The number of unbranched alkanes of at least 4 members (excludes halogenated alkanes) is 1. The summed E-state index contributed by atoms with van der Waals surface area (Å²) in [7, 11) is 0. The van der Waals surface area contributed by atoms with E-state index in [0.29, 0.717) is 41.7 Å². The van der Waals surface area contributed by atoms with Crippen molar-refractivity contribution in [2.75, 3.05) is 0 Å². The van der Waals surface area contributed by atoms with Gasteiger partial charge in [0, 0.05) is 13.1 Å². The molecule has 0 aromatic carbocycles. The Morgan fingerprint density at radius 1 is 1.10 bits per heavy atom. The van der Waals surface area contributed by atoms with Gasteiger partial charge in [0.1, 0.15) is 18.7 Å². The molecule has 0 saturated heterocycles. The molecule has 0 aliphatic carbocycles. The molecule has 0 unspecified atom stereocenters. The van der Waals surface area contributed by atoms with E-state index in [1.807, 2.05) is 31.4 Å². The third kappa shape index (κ3) is 3.88. The van der Waals surface area contributed by atoms with E-state index in [9.17, 15) is 14.7 Å². The Labute approximate surface area is 182 Å². The summed E-state index contributed by atoms with van der Waals surface area (Å²) in [4.78, 5) is 36.4. The zero-order chi connectivity index (χ0) is 22.0. The highest BCUT2D eigenvalue weighted by molar-refractivity contribution is 7.13. The molecule has 0 aliphatic rings. The minimum Gasteiger partial charge on any atom is -0.443 e. The van der Waals surface area contributed by atoms with Crippen molar-refractivity contribution in [1.82, 2.24) is 23.7 Å². The number of fused-ring (bicyclic) bond motifs is 1. The molecule has 0 spiro atoms. The third-order valence-corrected chi connectivity index (χ3v) is 5.98. The Morgan fingerprint density at radius 3 is 2.61 bits per heavy atom. The second-order valence-electron chi connectivity index (χ2n) is 7.31. The van der Waals surface area contributed by atoms with Gasteiger partial charge in [-0.2, -0.15) is 0 Å². The van der Waals surface area contributed by atoms with Crippen LogP contribution in [0.5, 0.6) is 0 Å². The number of rotatable bonds is 9. The van der Waals surface area contributed by atoms with Gasteiger partial charge >= 0.3 is 5.69 Å². The van der Waals surface area contributed by atoms with Gasteiger partial charge in [-0.1, -0.05) is 26.3 Å². The average Bonchev–Trinajstić information content (AvgIpc) is 3.51. The van der Waals surface area contributed by atoms with Crippen LogP contribution in [-0.4, -0.2) is 28.8 Å². The van der Waals surface area contributed by atoms with Crippen molar-refractivity contribution in [3.8, 4) is 10.8 Å². The molecule has 1 N–H and O–H groups in total. The summed E-state index contributed by atoms with van der Waals surface area (Å²) < 4.78 is 9.99. The van der Waals surface area contributed by atoms with Crippen LogP contribution in [-0.2, 0) is 26.2 Å². The van der Waals surface area contributed by atoms with E-state index >= 15 is 0 Å². The molecule has 0 aliphatic heterocycles. The lowest BCUT2D eigenvalue weighted by atomic mass is 10.3. The molecule has 164 valence electrons. The van der Waals surface area contributed by atoms with Crippen molar-refractivity contribution >= 4 is 22.5 Å². The summed E-state index contributed by atoms with van der Waals surface area (Å²) in [5.74, 6) is 0.849. The first-order valence-electron chi connectivity index (χ1n) is 10.4. The molecule has 0 amide bonds. The number of hydrogen-bond acceptors (Lipinski definition) is 7. The first-order chi connectivity index (χ1) is 15.1. The van der Waals surface area contributed by atoms with Gasteiger partial charge in [0.25, 0.3) is 5.56 Å². The van der Waals surface area contributed by atoms with Crippen LogP contribution in [0, 0.1) is 0 Å². The number of imidazole rings is 1. The second-order valence-corrected chi connectivity index (χ2v) is 8.26. The lowest BCUT2D eigenvalue weighted by molar-refractivity contribution is 0.265. The van der Waals surface area contributed by atoms with Gasteiger partial charge in [-0.15, -0.1) is 11.3 Å². The largest absolute Gasteiger partial charge is 0.443 e. The van der Waals surface area contributed by atoms with Crippen LogP contribution < -0.4 is 11.2 Å². The Bertz CT molecular complexity index is 1300. The molecule has 31 heavy (non-hydrogen) atoms. The highest BCUT2D eigenvalue weighted by Gasteiger charge is 2.22. The van der Waals surface area contributed by atoms with Crippen LogP contribution in [0.1, 0.15) is 44.6 Å². The SMILES string of the molecule is CCCCn1c(=O)n(Cc2coc(-c3cccs3)n2)c(=O)c2c1nc(CO)n2CCC. The average molecular weight is 444 g/mol. The molecule has 10 heteroatoms. The zero-order valence-electron chi connectivity index (χ0n) is 17.6. The number of oxazole rings is 1. The molecule has 0 radical (unpaired) electrons. The summed E-state index contributed by atoms with van der Waals surface area (Å²) in [5.41, 5.74) is 0.291. The van der Waals surface area contributed by atoms with E-state index in [2.05, 4.69) is 9.97 Å².